The molecule has 13 rings (SSSR count). The highest BCUT2D eigenvalue weighted by atomic mass is 15.1. The molecule has 72 heavy (non-hydrogen) atoms. The van der Waals surface area contributed by atoms with Gasteiger partial charge in [-0.2, -0.15) is 0 Å². The number of para-hydroxylation sites is 2. The monoisotopic (exact) mass is 926 g/mol. The molecule has 3 aliphatic carbocycles. The Labute approximate surface area is 425 Å². The number of hydrogen-bond acceptors (Lipinski definition) is 2. The highest BCUT2D eigenvalue weighted by Crippen LogP contribution is 2.54. The molecule has 0 saturated heterocycles. The van der Waals surface area contributed by atoms with E-state index in [-0.39, 0.29) is 5.41 Å². The molecule has 2 bridgehead atoms. The first-order valence-corrected chi connectivity index (χ1v) is 26.0. The smallest absolute Gasteiger partial charge is 0.0465 e. The average molecular weight is 927 g/mol. The molecule has 0 radical (unpaired) electrons. The Morgan fingerprint density at radius 3 is 1.26 bits per heavy atom. The Bertz CT molecular complexity index is 3540. The second kappa shape index (κ2) is 18.2. The number of fused-ring (bicyclic) bond motifs is 5. The third-order valence-corrected chi connectivity index (χ3v) is 16.3. The lowest BCUT2D eigenvalue weighted by molar-refractivity contribution is 0.420. The van der Waals surface area contributed by atoms with Gasteiger partial charge in [-0.3, -0.25) is 0 Å². The summed E-state index contributed by atoms with van der Waals surface area (Å²) in [7, 11) is 0. The lowest BCUT2D eigenvalue weighted by Crippen LogP contribution is -2.16. The molecule has 2 nitrogen and oxygen atoms in total. The van der Waals surface area contributed by atoms with Crippen LogP contribution in [0.1, 0.15) is 62.1 Å². The van der Waals surface area contributed by atoms with Gasteiger partial charge >= 0.3 is 0 Å². The zero-order valence-corrected chi connectivity index (χ0v) is 41.1. The second-order valence-electron chi connectivity index (χ2n) is 20.9. The SMILES string of the molecule is CC1(C)c2ccccc2-c2ccc(N(c3ccccc3)c3ccc(-c4cc(-c5ccccc5)c(-c5ccc(N(c6ccccc6)c6cccc(C7CC8CCC7C8)c6)cc5)cc4-c4ccccc4)cc3)cc21. The maximum absolute atomic E-state index is 2.48. The third kappa shape index (κ3) is 7.83. The van der Waals surface area contributed by atoms with Crippen LogP contribution in [0, 0.1) is 11.8 Å². The molecular formula is C70H58N2. The topological polar surface area (TPSA) is 6.48 Å². The number of anilines is 6. The quantitative estimate of drug-likeness (QED) is 0.128. The molecule has 2 fully saturated rings. The Morgan fingerprint density at radius 1 is 0.319 bits per heavy atom. The minimum absolute atomic E-state index is 0.101. The fraction of sp³-hybridized carbons (Fsp3) is 0.143. The highest BCUT2D eigenvalue weighted by molar-refractivity contribution is 5.96. The fourth-order valence-corrected chi connectivity index (χ4v) is 12.8. The zero-order chi connectivity index (χ0) is 48.2. The van der Waals surface area contributed by atoms with Gasteiger partial charge in [-0.15, -0.1) is 0 Å². The predicted octanol–water partition coefficient (Wildman–Crippen LogP) is 19.5. The van der Waals surface area contributed by atoms with Crippen LogP contribution in [0.4, 0.5) is 34.1 Å². The van der Waals surface area contributed by atoms with Gasteiger partial charge in [0, 0.05) is 39.5 Å². The van der Waals surface area contributed by atoms with E-state index in [1.54, 1.807) is 0 Å². The Kier molecular flexibility index (Phi) is 11.1. The third-order valence-electron chi connectivity index (χ3n) is 16.3. The minimum atomic E-state index is -0.101. The number of hydrogen-bond donors (Lipinski definition) is 0. The predicted molar refractivity (Wildman–Crippen MR) is 303 cm³/mol. The lowest BCUT2D eigenvalue weighted by atomic mass is 9.82. The van der Waals surface area contributed by atoms with Gasteiger partial charge in [-0.05, 0) is 194 Å². The largest absolute Gasteiger partial charge is 0.310 e. The van der Waals surface area contributed by atoms with Crippen LogP contribution in [-0.4, -0.2) is 0 Å². The van der Waals surface area contributed by atoms with Crippen molar-refractivity contribution in [3.8, 4) is 55.6 Å². The molecule has 0 N–H and O–H groups in total. The lowest BCUT2D eigenvalue weighted by Gasteiger charge is -2.28. The van der Waals surface area contributed by atoms with E-state index in [1.807, 2.05) is 0 Å². The highest BCUT2D eigenvalue weighted by Gasteiger charge is 2.40. The van der Waals surface area contributed by atoms with E-state index in [9.17, 15) is 0 Å². The van der Waals surface area contributed by atoms with Gasteiger partial charge < -0.3 is 9.80 Å². The first-order chi connectivity index (χ1) is 35.4. The van der Waals surface area contributed by atoms with Gasteiger partial charge in [0.05, 0.1) is 0 Å². The van der Waals surface area contributed by atoms with Crippen molar-refractivity contribution in [3.63, 3.8) is 0 Å². The molecule has 0 spiro atoms. The van der Waals surface area contributed by atoms with E-state index < -0.39 is 0 Å². The fourth-order valence-electron chi connectivity index (χ4n) is 12.8. The summed E-state index contributed by atoms with van der Waals surface area (Å²) < 4.78 is 0. The van der Waals surface area contributed by atoms with Crippen LogP contribution in [0.3, 0.4) is 0 Å². The summed E-state index contributed by atoms with van der Waals surface area (Å²) in [4.78, 5) is 4.84. The van der Waals surface area contributed by atoms with Gasteiger partial charge in [0.25, 0.3) is 0 Å². The minimum Gasteiger partial charge on any atom is -0.310 e. The molecule has 0 heterocycles. The first kappa shape index (κ1) is 43.8. The van der Waals surface area contributed by atoms with Crippen LogP contribution in [0.15, 0.2) is 249 Å². The van der Waals surface area contributed by atoms with Crippen molar-refractivity contribution >= 4 is 34.1 Å². The van der Waals surface area contributed by atoms with Crippen molar-refractivity contribution < 1.29 is 0 Å². The summed E-state index contributed by atoms with van der Waals surface area (Å²) in [6.45, 7) is 4.71. The number of nitrogens with zero attached hydrogens (tertiary/aromatic N) is 2. The standard InChI is InChI=1S/C70H58N2/c1-70(2)68-29-16-15-28-61(68)62-41-40-60(45-69(62)70)72(56-25-13-6-14-26-56)58-38-34-52(35-39-58)67-47-64(49-18-7-3-8-19-49)66(46-65(67)50-20-9-4-10-21-50)51-32-36-57(37-33-51)71(55-23-11-5-12-24-55)59-27-17-22-53(44-59)63-43-48-30-31-54(63)42-48/h3-29,32-41,44-48,54,63H,30-31,42-43H2,1-2H3. The maximum atomic E-state index is 2.48. The molecule has 2 heteroatoms. The normalized spacial score (nSPS) is 17.1. The van der Waals surface area contributed by atoms with Crippen molar-refractivity contribution in [3.05, 3.63) is 265 Å². The zero-order valence-electron chi connectivity index (χ0n) is 41.1. The number of rotatable bonds is 11. The summed E-state index contributed by atoms with van der Waals surface area (Å²) in [5.74, 6) is 2.41. The van der Waals surface area contributed by atoms with Crippen molar-refractivity contribution in [1.29, 1.82) is 0 Å². The molecule has 3 atom stereocenters. The van der Waals surface area contributed by atoms with Crippen molar-refractivity contribution in [2.45, 2.75) is 50.9 Å². The van der Waals surface area contributed by atoms with E-state index in [2.05, 4.69) is 272 Å². The average Bonchev–Trinajstić information content (AvgIpc) is 4.15. The maximum Gasteiger partial charge on any atom is 0.0465 e. The molecule has 3 unspecified atom stereocenters. The van der Waals surface area contributed by atoms with E-state index in [0.29, 0.717) is 5.92 Å². The van der Waals surface area contributed by atoms with Gasteiger partial charge in [-0.25, -0.2) is 0 Å². The summed E-state index contributed by atoms with van der Waals surface area (Å²) in [5.41, 5.74) is 23.2. The van der Waals surface area contributed by atoms with E-state index in [4.69, 9.17) is 0 Å². The van der Waals surface area contributed by atoms with Crippen LogP contribution in [0.2, 0.25) is 0 Å². The van der Waals surface area contributed by atoms with Crippen LogP contribution in [0.5, 0.6) is 0 Å². The van der Waals surface area contributed by atoms with Crippen molar-refractivity contribution in [2.24, 2.45) is 11.8 Å². The van der Waals surface area contributed by atoms with Gasteiger partial charge in [0.15, 0.2) is 0 Å². The summed E-state index contributed by atoms with van der Waals surface area (Å²) in [5, 5.41) is 0. The molecule has 0 aliphatic heterocycles. The molecule has 10 aromatic rings. The molecular weight excluding hydrogens is 869 g/mol. The van der Waals surface area contributed by atoms with Crippen molar-refractivity contribution in [1.82, 2.24) is 0 Å². The van der Waals surface area contributed by atoms with E-state index in [1.165, 1.54) is 104 Å². The van der Waals surface area contributed by atoms with Crippen LogP contribution in [0.25, 0.3) is 55.6 Å². The molecule has 348 valence electrons. The van der Waals surface area contributed by atoms with E-state index in [0.717, 1.165) is 40.3 Å². The Morgan fingerprint density at radius 2 is 0.750 bits per heavy atom. The molecule has 3 aliphatic rings. The Balaban J connectivity index is 0.903. The van der Waals surface area contributed by atoms with Crippen molar-refractivity contribution in [2.75, 3.05) is 9.80 Å². The van der Waals surface area contributed by atoms with E-state index >= 15 is 0 Å². The van der Waals surface area contributed by atoms with Gasteiger partial charge in [-0.1, -0.05) is 184 Å². The van der Waals surface area contributed by atoms with Crippen LogP contribution in [-0.2, 0) is 5.41 Å². The second-order valence-corrected chi connectivity index (χ2v) is 20.9. The van der Waals surface area contributed by atoms with Crippen LogP contribution < -0.4 is 9.80 Å². The first-order valence-electron chi connectivity index (χ1n) is 26.0. The molecule has 0 amide bonds. The van der Waals surface area contributed by atoms with Gasteiger partial charge in [0.2, 0.25) is 0 Å². The molecule has 2 saturated carbocycles. The van der Waals surface area contributed by atoms with Gasteiger partial charge in [0.1, 0.15) is 0 Å². The summed E-state index contributed by atoms with van der Waals surface area (Å²) in [6, 6.07) is 92.2. The number of benzene rings is 10. The summed E-state index contributed by atoms with van der Waals surface area (Å²) in [6.07, 6.45) is 5.54. The van der Waals surface area contributed by atoms with Crippen LogP contribution >= 0.6 is 0 Å². The Hall–Kier alpha value is -8.20. The molecule has 0 aromatic heterocycles. The molecule has 10 aromatic carbocycles. The summed E-state index contributed by atoms with van der Waals surface area (Å²) >= 11 is 0.